The standard InChI is InChI=1S/C19H15N3O3S/c1-12-8-17(25-21-12)20-19(24)18(23)15-10-22(9-13-6-7-26-11-13)16-5-3-2-4-14(15)16/h2-8,10-11H,9H2,1H3,(H,20,24). The van der Waals surface area contributed by atoms with Gasteiger partial charge in [-0.1, -0.05) is 23.4 Å². The molecule has 1 amide bonds. The lowest BCUT2D eigenvalue weighted by molar-refractivity contribution is -0.112. The smallest absolute Gasteiger partial charge is 0.299 e. The number of benzene rings is 1. The van der Waals surface area contributed by atoms with Crippen LogP contribution in [0.5, 0.6) is 0 Å². The van der Waals surface area contributed by atoms with Crippen LogP contribution in [0.3, 0.4) is 0 Å². The Labute approximate surface area is 153 Å². The van der Waals surface area contributed by atoms with Crippen molar-refractivity contribution in [1.29, 1.82) is 0 Å². The molecule has 7 heteroatoms. The summed E-state index contributed by atoms with van der Waals surface area (Å²) >= 11 is 1.62. The molecule has 1 N–H and O–H groups in total. The second-order valence-electron chi connectivity index (χ2n) is 5.94. The summed E-state index contributed by atoms with van der Waals surface area (Å²) in [5.74, 6) is -1.21. The maximum Gasteiger partial charge on any atom is 0.299 e. The van der Waals surface area contributed by atoms with Crippen LogP contribution in [-0.2, 0) is 11.3 Å². The second-order valence-corrected chi connectivity index (χ2v) is 6.72. The highest BCUT2D eigenvalue weighted by Crippen LogP contribution is 2.24. The molecular weight excluding hydrogens is 350 g/mol. The molecule has 26 heavy (non-hydrogen) atoms. The molecule has 1 aromatic carbocycles. The first-order chi connectivity index (χ1) is 12.6. The van der Waals surface area contributed by atoms with E-state index in [4.69, 9.17) is 4.52 Å². The maximum atomic E-state index is 12.7. The molecule has 130 valence electrons. The molecule has 0 bridgehead atoms. The number of nitrogens with zero attached hydrogens (tertiary/aromatic N) is 2. The molecule has 0 aliphatic carbocycles. The van der Waals surface area contributed by atoms with Gasteiger partial charge in [0.05, 0.1) is 11.3 Å². The zero-order valence-corrected chi connectivity index (χ0v) is 14.7. The number of para-hydroxylation sites is 1. The van der Waals surface area contributed by atoms with Gasteiger partial charge in [-0.2, -0.15) is 11.3 Å². The zero-order chi connectivity index (χ0) is 18.1. The number of thiophene rings is 1. The van der Waals surface area contributed by atoms with Crippen molar-refractivity contribution in [2.75, 3.05) is 5.32 Å². The Morgan fingerprint density at radius 3 is 2.85 bits per heavy atom. The number of anilines is 1. The van der Waals surface area contributed by atoms with Crippen molar-refractivity contribution in [3.63, 3.8) is 0 Å². The molecule has 0 saturated heterocycles. The van der Waals surface area contributed by atoms with Gasteiger partial charge in [-0.3, -0.25) is 14.9 Å². The van der Waals surface area contributed by atoms with Gasteiger partial charge in [0.15, 0.2) is 0 Å². The van der Waals surface area contributed by atoms with E-state index in [0.717, 1.165) is 16.5 Å². The van der Waals surface area contributed by atoms with E-state index < -0.39 is 11.7 Å². The largest absolute Gasteiger partial charge is 0.342 e. The maximum absolute atomic E-state index is 12.7. The summed E-state index contributed by atoms with van der Waals surface area (Å²) < 4.78 is 6.93. The van der Waals surface area contributed by atoms with Crippen LogP contribution in [0.1, 0.15) is 21.6 Å². The van der Waals surface area contributed by atoms with Crippen LogP contribution in [0.25, 0.3) is 10.9 Å². The highest BCUT2D eigenvalue weighted by Gasteiger charge is 2.22. The van der Waals surface area contributed by atoms with Gasteiger partial charge < -0.3 is 9.09 Å². The third-order valence-corrected chi connectivity index (χ3v) is 4.77. The second kappa shape index (κ2) is 6.61. The van der Waals surface area contributed by atoms with E-state index in [1.165, 1.54) is 0 Å². The normalized spacial score (nSPS) is 11.0. The van der Waals surface area contributed by atoms with E-state index in [1.54, 1.807) is 30.5 Å². The van der Waals surface area contributed by atoms with Crippen molar-refractivity contribution >= 4 is 39.8 Å². The number of fused-ring (bicyclic) bond motifs is 1. The van der Waals surface area contributed by atoms with Crippen molar-refractivity contribution in [2.45, 2.75) is 13.5 Å². The van der Waals surface area contributed by atoms with Crippen molar-refractivity contribution < 1.29 is 14.1 Å². The number of carbonyl (C=O) groups is 2. The molecular formula is C19H15N3O3S. The lowest BCUT2D eigenvalue weighted by Crippen LogP contribution is -2.22. The molecule has 0 atom stereocenters. The molecule has 0 spiro atoms. The van der Waals surface area contributed by atoms with Crippen LogP contribution in [0.15, 0.2) is 57.9 Å². The first kappa shape index (κ1) is 16.3. The Morgan fingerprint density at radius 2 is 2.12 bits per heavy atom. The van der Waals surface area contributed by atoms with Crippen LogP contribution in [0.2, 0.25) is 0 Å². The van der Waals surface area contributed by atoms with Crippen LogP contribution in [0.4, 0.5) is 5.88 Å². The van der Waals surface area contributed by atoms with Gasteiger partial charge in [0.25, 0.3) is 11.7 Å². The monoisotopic (exact) mass is 365 g/mol. The number of nitrogens with one attached hydrogen (secondary N) is 1. The van der Waals surface area contributed by atoms with E-state index in [2.05, 4.69) is 15.9 Å². The summed E-state index contributed by atoms with van der Waals surface area (Å²) in [4.78, 5) is 25.0. The van der Waals surface area contributed by atoms with Crippen molar-refractivity contribution in [3.05, 3.63) is 70.2 Å². The van der Waals surface area contributed by atoms with E-state index in [-0.39, 0.29) is 5.88 Å². The van der Waals surface area contributed by atoms with Crippen LogP contribution < -0.4 is 5.32 Å². The number of hydrogen-bond acceptors (Lipinski definition) is 5. The van der Waals surface area contributed by atoms with Crippen LogP contribution in [0, 0.1) is 6.92 Å². The van der Waals surface area contributed by atoms with Crippen molar-refractivity contribution in [1.82, 2.24) is 9.72 Å². The fourth-order valence-corrected chi connectivity index (χ4v) is 3.51. The number of amides is 1. The first-order valence-corrected chi connectivity index (χ1v) is 8.94. The van der Waals surface area contributed by atoms with E-state index in [1.807, 2.05) is 40.3 Å². The minimum Gasteiger partial charge on any atom is -0.342 e. The average molecular weight is 365 g/mol. The number of ketones is 1. The van der Waals surface area contributed by atoms with Gasteiger partial charge in [-0.05, 0) is 35.4 Å². The van der Waals surface area contributed by atoms with Gasteiger partial charge in [0.2, 0.25) is 5.88 Å². The van der Waals surface area contributed by atoms with Gasteiger partial charge in [0, 0.05) is 29.7 Å². The van der Waals surface area contributed by atoms with Gasteiger partial charge in [-0.15, -0.1) is 0 Å². The lowest BCUT2D eigenvalue weighted by atomic mass is 10.1. The summed E-state index contributed by atoms with van der Waals surface area (Å²) in [6, 6.07) is 11.2. The van der Waals surface area contributed by atoms with E-state index >= 15 is 0 Å². The Balaban J connectivity index is 1.67. The molecule has 0 aliphatic rings. The zero-order valence-electron chi connectivity index (χ0n) is 13.9. The third-order valence-electron chi connectivity index (χ3n) is 4.04. The number of rotatable bonds is 5. The molecule has 0 radical (unpaired) electrons. The van der Waals surface area contributed by atoms with Gasteiger partial charge >= 0.3 is 0 Å². The van der Waals surface area contributed by atoms with Gasteiger partial charge in [0.1, 0.15) is 0 Å². The topological polar surface area (TPSA) is 77.1 Å². The van der Waals surface area contributed by atoms with E-state index in [0.29, 0.717) is 17.8 Å². The average Bonchev–Trinajstić information content (AvgIpc) is 3.36. The Kier molecular flexibility index (Phi) is 4.14. The SMILES string of the molecule is Cc1cc(NC(=O)C(=O)c2cn(Cc3ccsc3)c3ccccc23)on1. The van der Waals surface area contributed by atoms with E-state index in [9.17, 15) is 9.59 Å². The number of carbonyl (C=O) groups excluding carboxylic acids is 2. The summed E-state index contributed by atoms with van der Waals surface area (Å²) in [6.45, 7) is 2.37. The predicted octanol–water partition coefficient (Wildman–Crippen LogP) is 3.87. The summed E-state index contributed by atoms with van der Waals surface area (Å²) in [7, 11) is 0. The molecule has 4 rings (SSSR count). The first-order valence-electron chi connectivity index (χ1n) is 8.00. The van der Waals surface area contributed by atoms with Crippen LogP contribution in [-0.4, -0.2) is 21.4 Å². The van der Waals surface area contributed by atoms with Crippen molar-refractivity contribution in [3.8, 4) is 0 Å². The molecule has 0 unspecified atom stereocenters. The minimum absolute atomic E-state index is 0.155. The highest BCUT2D eigenvalue weighted by atomic mass is 32.1. The number of Topliss-reactive ketones (excluding diaryl/α,β-unsaturated/α-hetero) is 1. The minimum atomic E-state index is -0.750. The van der Waals surface area contributed by atoms with Crippen molar-refractivity contribution in [2.24, 2.45) is 0 Å². The fourth-order valence-electron chi connectivity index (χ4n) is 2.85. The molecule has 6 nitrogen and oxygen atoms in total. The lowest BCUT2D eigenvalue weighted by Gasteiger charge is -2.02. The Morgan fingerprint density at radius 1 is 1.27 bits per heavy atom. The molecule has 3 heterocycles. The Bertz CT molecular complexity index is 1090. The number of aryl methyl sites for hydroxylation is 1. The summed E-state index contributed by atoms with van der Waals surface area (Å²) in [6.07, 6.45) is 1.73. The van der Waals surface area contributed by atoms with Gasteiger partial charge in [-0.25, -0.2) is 0 Å². The van der Waals surface area contributed by atoms with Crippen LogP contribution >= 0.6 is 11.3 Å². The summed E-state index contributed by atoms with van der Waals surface area (Å²) in [5.41, 5.74) is 3.05. The highest BCUT2D eigenvalue weighted by molar-refractivity contribution is 7.07. The number of aromatic nitrogens is 2. The molecule has 0 fully saturated rings. The summed E-state index contributed by atoms with van der Waals surface area (Å²) in [5, 5.41) is 11.0. The predicted molar refractivity (Wildman–Crippen MR) is 99.6 cm³/mol. The number of hydrogen-bond donors (Lipinski definition) is 1. The fraction of sp³-hybridized carbons (Fsp3) is 0.105. The molecule has 0 saturated carbocycles. The molecule has 4 aromatic rings. The third kappa shape index (κ3) is 3.04. The molecule has 0 aliphatic heterocycles. The quantitative estimate of drug-likeness (QED) is 0.430. The molecule has 3 aromatic heterocycles. The Hall–Kier alpha value is -3.19.